The molecule has 0 saturated carbocycles. The number of aromatic nitrogens is 2. The molecule has 3 rings (SSSR count). The number of carbonyl (C=O) groups is 1. The van der Waals surface area contributed by atoms with Crippen molar-refractivity contribution in [2.45, 2.75) is 20.0 Å². The molecule has 28 heavy (non-hydrogen) atoms. The fourth-order valence-electron chi connectivity index (χ4n) is 3.06. The highest BCUT2D eigenvalue weighted by atomic mass is 79.9. The summed E-state index contributed by atoms with van der Waals surface area (Å²) in [6.07, 6.45) is 0. The van der Waals surface area contributed by atoms with E-state index in [9.17, 15) is 14.9 Å². The van der Waals surface area contributed by atoms with Gasteiger partial charge in [-0.15, -0.1) is 0 Å². The van der Waals surface area contributed by atoms with Gasteiger partial charge in [0.15, 0.2) is 0 Å². The standard InChI is InChI=1S/C17H18BrCl2N5O3/c1-11-16(18)17(25(27)28)21-24(11)10-15(26)23-6-4-22(5-7-23)9-12-2-3-13(19)14(20)8-12/h2-3,8H,4-7,9-10H2,1H3. The Morgan fingerprint density at radius 1 is 1.25 bits per heavy atom. The average molecular weight is 491 g/mol. The molecule has 0 N–H and O–H groups in total. The number of piperazine rings is 1. The van der Waals surface area contributed by atoms with Crippen LogP contribution >= 0.6 is 39.1 Å². The minimum Gasteiger partial charge on any atom is -0.358 e. The Kier molecular flexibility index (Phi) is 6.59. The van der Waals surface area contributed by atoms with Gasteiger partial charge in [-0.1, -0.05) is 29.3 Å². The molecular formula is C17H18BrCl2N5O3. The maximum atomic E-state index is 12.6. The third-order valence-electron chi connectivity index (χ3n) is 4.69. The summed E-state index contributed by atoms with van der Waals surface area (Å²) in [4.78, 5) is 27.0. The van der Waals surface area contributed by atoms with Crippen LogP contribution in [-0.2, 0) is 17.9 Å². The van der Waals surface area contributed by atoms with Crippen molar-refractivity contribution in [1.82, 2.24) is 19.6 Å². The van der Waals surface area contributed by atoms with E-state index in [1.165, 1.54) is 4.68 Å². The molecule has 0 aliphatic carbocycles. The Hall–Kier alpha value is -1.68. The Morgan fingerprint density at radius 2 is 1.93 bits per heavy atom. The lowest BCUT2D eigenvalue weighted by Gasteiger charge is -2.34. The lowest BCUT2D eigenvalue weighted by Crippen LogP contribution is -2.49. The predicted octanol–water partition coefficient (Wildman–Crippen LogP) is 3.51. The van der Waals surface area contributed by atoms with Gasteiger partial charge in [-0.05, 0) is 45.5 Å². The zero-order valence-electron chi connectivity index (χ0n) is 15.1. The minimum absolute atomic E-state index is 0.0228. The summed E-state index contributed by atoms with van der Waals surface area (Å²) >= 11 is 15.2. The lowest BCUT2D eigenvalue weighted by atomic mass is 10.2. The zero-order valence-corrected chi connectivity index (χ0v) is 18.2. The van der Waals surface area contributed by atoms with Crippen LogP contribution in [0.1, 0.15) is 11.3 Å². The third kappa shape index (κ3) is 4.65. The molecule has 0 spiro atoms. The zero-order chi connectivity index (χ0) is 20.4. The van der Waals surface area contributed by atoms with Crippen LogP contribution in [0.2, 0.25) is 10.0 Å². The van der Waals surface area contributed by atoms with Gasteiger partial charge in [0.2, 0.25) is 5.91 Å². The molecule has 0 atom stereocenters. The molecule has 2 heterocycles. The molecule has 2 aromatic rings. The van der Waals surface area contributed by atoms with E-state index in [1.54, 1.807) is 17.9 Å². The van der Waals surface area contributed by atoms with Gasteiger partial charge < -0.3 is 15.0 Å². The first-order chi connectivity index (χ1) is 13.3. The quantitative estimate of drug-likeness (QED) is 0.473. The van der Waals surface area contributed by atoms with Gasteiger partial charge in [0, 0.05) is 32.7 Å². The van der Waals surface area contributed by atoms with Crippen molar-refractivity contribution in [3.8, 4) is 0 Å². The Labute approximate surface area is 180 Å². The van der Waals surface area contributed by atoms with Crippen molar-refractivity contribution in [3.05, 3.63) is 54.1 Å². The molecular weight excluding hydrogens is 473 g/mol. The molecule has 0 radical (unpaired) electrons. The van der Waals surface area contributed by atoms with E-state index in [-0.39, 0.29) is 18.3 Å². The second-order valence-corrected chi connectivity index (χ2v) is 8.15. The van der Waals surface area contributed by atoms with E-state index < -0.39 is 4.92 Å². The maximum Gasteiger partial charge on any atom is 0.404 e. The topological polar surface area (TPSA) is 84.5 Å². The monoisotopic (exact) mass is 489 g/mol. The molecule has 1 amide bonds. The second kappa shape index (κ2) is 8.77. The minimum atomic E-state index is -0.570. The number of carbonyl (C=O) groups excluding carboxylic acids is 1. The number of benzene rings is 1. The fraction of sp³-hybridized carbons (Fsp3) is 0.412. The summed E-state index contributed by atoms with van der Waals surface area (Å²) in [5.74, 6) is -0.390. The first kappa shape index (κ1) is 21.0. The molecule has 150 valence electrons. The first-order valence-electron chi connectivity index (χ1n) is 8.57. The van der Waals surface area contributed by atoms with Crippen LogP contribution in [-0.4, -0.2) is 56.6 Å². The second-order valence-electron chi connectivity index (χ2n) is 6.54. The van der Waals surface area contributed by atoms with E-state index >= 15 is 0 Å². The molecule has 0 unspecified atom stereocenters. The van der Waals surface area contributed by atoms with Crippen molar-refractivity contribution in [2.24, 2.45) is 0 Å². The van der Waals surface area contributed by atoms with Crippen LogP contribution in [0.5, 0.6) is 0 Å². The number of amides is 1. The van der Waals surface area contributed by atoms with Gasteiger partial charge >= 0.3 is 5.82 Å². The van der Waals surface area contributed by atoms with E-state index in [2.05, 4.69) is 25.9 Å². The summed E-state index contributed by atoms with van der Waals surface area (Å²) in [5, 5.41) is 16.0. The van der Waals surface area contributed by atoms with Crippen LogP contribution in [0.15, 0.2) is 22.7 Å². The largest absolute Gasteiger partial charge is 0.404 e. The van der Waals surface area contributed by atoms with Crippen LogP contribution in [0.3, 0.4) is 0 Å². The molecule has 1 aromatic heterocycles. The van der Waals surface area contributed by atoms with E-state index in [0.717, 1.165) is 25.2 Å². The first-order valence-corrected chi connectivity index (χ1v) is 10.1. The van der Waals surface area contributed by atoms with Crippen LogP contribution in [0.4, 0.5) is 5.82 Å². The van der Waals surface area contributed by atoms with Gasteiger partial charge in [-0.3, -0.25) is 9.69 Å². The SMILES string of the molecule is Cc1c(Br)c([N+](=O)[O-])nn1CC(=O)N1CCN(Cc2ccc(Cl)c(Cl)c2)CC1. The van der Waals surface area contributed by atoms with Crippen LogP contribution in [0, 0.1) is 17.0 Å². The number of hydrogen-bond acceptors (Lipinski definition) is 5. The Bertz CT molecular complexity index is 912. The van der Waals surface area contributed by atoms with Crippen LogP contribution in [0.25, 0.3) is 0 Å². The normalized spacial score (nSPS) is 15.1. The van der Waals surface area contributed by atoms with Crippen molar-refractivity contribution < 1.29 is 9.72 Å². The number of nitrogens with zero attached hydrogens (tertiary/aromatic N) is 5. The van der Waals surface area contributed by atoms with E-state index in [1.807, 2.05) is 12.1 Å². The van der Waals surface area contributed by atoms with Crippen molar-refractivity contribution in [3.63, 3.8) is 0 Å². The summed E-state index contributed by atoms with van der Waals surface area (Å²) in [6.45, 7) is 5.03. The number of rotatable bonds is 5. The molecule has 1 fully saturated rings. The van der Waals surface area contributed by atoms with E-state index in [0.29, 0.717) is 33.3 Å². The number of nitro groups is 1. The molecule has 1 aliphatic rings. The Balaban J connectivity index is 1.56. The van der Waals surface area contributed by atoms with Gasteiger partial charge in [0.25, 0.3) is 0 Å². The maximum absolute atomic E-state index is 12.6. The van der Waals surface area contributed by atoms with Crippen LogP contribution < -0.4 is 0 Å². The summed E-state index contributed by atoms with van der Waals surface area (Å²) in [5.41, 5.74) is 1.62. The molecule has 1 saturated heterocycles. The average Bonchev–Trinajstić information content (AvgIpc) is 2.94. The lowest BCUT2D eigenvalue weighted by molar-refractivity contribution is -0.390. The molecule has 0 bridgehead atoms. The van der Waals surface area contributed by atoms with Gasteiger partial charge in [0.05, 0.1) is 20.8 Å². The molecule has 8 nitrogen and oxygen atoms in total. The van der Waals surface area contributed by atoms with Crippen molar-refractivity contribution in [2.75, 3.05) is 26.2 Å². The van der Waals surface area contributed by atoms with Crippen molar-refractivity contribution >= 4 is 50.9 Å². The third-order valence-corrected chi connectivity index (χ3v) is 6.36. The van der Waals surface area contributed by atoms with Crippen molar-refractivity contribution in [1.29, 1.82) is 0 Å². The highest BCUT2D eigenvalue weighted by Crippen LogP contribution is 2.27. The number of hydrogen-bond donors (Lipinski definition) is 0. The smallest absolute Gasteiger partial charge is 0.358 e. The molecule has 1 aliphatic heterocycles. The molecule has 11 heteroatoms. The summed E-state index contributed by atoms with van der Waals surface area (Å²) in [6, 6.07) is 5.58. The van der Waals surface area contributed by atoms with Gasteiger partial charge in [-0.2, -0.15) is 4.68 Å². The summed E-state index contributed by atoms with van der Waals surface area (Å²) < 4.78 is 1.67. The highest BCUT2D eigenvalue weighted by Gasteiger charge is 2.27. The summed E-state index contributed by atoms with van der Waals surface area (Å²) in [7, 11) is 0. The number of halogens is 3. The van der Waals surface area contributed by atoms with Gasteiger partial charge in [-0.25, -0.2) is 0 Å². The van der Waals surface area contributed by atoms with E-state index in [4.69, 9.17) is 23.2 Å². The fourth-order valence-corrected chi connectivity index (χ4v) is 3.81. The molecule has 1 aromatic carbocycles. The Morgan fingerprint density at radius 3 is 2.50 bits per heavy atom. The highest BCUT2D eigenvalue weighted by molar-refractivity contribution is 9.10. The van der Waals surface area contributed by atoms with Gasteiger partial charge in [0.1, 0.15) is 11.0 Å². The predicted molar refractivity (Wildman–Crippen MR) is 110 cm³/mol.